The summed E-state index contributed by atoms with van der Waals surface area (Å²) in [6.45, 7) is 0.599. The number of nitrogens with zero attached hydrogens (tertiary/aromatic N) is 1. The molecular weight excluding hydrogens is 396 g/mol. The molecule has 1 aliphatic rings. The Bertz CT molecular complexity index is 485. The second-order valence-corrected chi connectivity index (χ2v) is 6.35. The Morgan fingerprint density at radius 3 is 2.55 bits per heavy atom. The van der Waals surface area contributed by atoms with E-state index < -0.39 is 11.0 Å². The quantitative estimate of drug-likeness (QED) is 0.534. The molecule has 1 fully saturated rings. The van der Waals surface area contributed by atoms with Crippen LogP contribution in [0.4, 0.5) is 5.69 Å². The second-order valence-electron chi connectivity index (χ2n) is 4.64. The van der Waals surface area contributed by atoms with Gasteiger partial charge in [0, 0.05) is 24.7 Å². The standard InChI is InChI=1S/C12H14Br2N2O4/c13-10-3-8(16(18)19)4-11(14)12(10)20-6-9(17)5-15-7-1-2-7/h3-4,7,9,15,17H,1-2,5-6H2. The lowest BCUT2D eigenvalue weighted by Crippen LogP contribution is -2.32. The lowest BCUT2D eigenvalue weighted by molar-refractivity contribution is -0.385. The molecule has 2 rings (SSSR count). The molecule has 110 valence electrons. The zero-order chi connectivity index (χ0) is 14.7. The van der Waals surface area contributed by atoms with E-state index in [0.717, 1.165) is 12.8 Å². The summed E-state index contributed by atoms with van der Waals surface area (Å²) < 4.78 is 6.46. The minimum atomic E-state index is -0.621. The van der Waals surface area contributed by atoms with Crippen LogP contribution in [0.2, 0.25) is 0 Å². The maximum atomic E-state index is 10.7. The number of benzene rings is 1. The Labute approximate surface area is 132 Å². The average molecular weight is 410 g/mol. The van der Waals surface area contributed by atoms with Gasteiger partial charge in [0.1, 0.15) is 18.5 Å². The molecule has 0 radical (unpaired) electrons. The predicted molar refractivity (Wildman–Crippen MR) is 81.0 cm³/mol. The van der Waals surface area contributed by atoms with Crippen molar-refractivity contribution in [1.82, 2.24) is 5.32 Å². The number of aliphatic hydroxyl groups excluding tert-OH is 1. The summed E-state index contributed by atoms with van der Waals surface area (Å²) in [5.74, 6) is 0.445. The maximum absolute atomic E-state index is 10.7. The van der Waals surface area contributed by atoms with Crippen molar-refractivity contribution in [3.63, 3.8) is 0 Å². The van der Waals surface area contributed by atoms with E-state index in [1.54, 1.807) is 0 Å². The van der Waals surface area contributed by atoms with Crippen LogP contribution in [-0.2, 0) is 0 Å². The molecular formula is C12H14Br2N2O4. The van der Waals surface area contributed by atoms with Gasteiger partial charge < -0.3 is 15.2 Å². The minimum absolute atomic E-state index is 0.0351. The summed E-state index contributed by atoms with van der Waals surface area (Å²) in [4.78, 5) is 10.2. The first-order chi connectivity index (χ1) is 9.47. The van der Waals surface area contributed by atoms with E-state index in [2.05, 4.69) is 37.2 Å². The van der Waals surface area contributed by atoms with E-state index in [9.17, 15) is 15.2 Å². The first kappa shape index (κ1) is 15.7. The van der Waals surface area contributed by atoms with Gasteiger partial charge in [-0.2, -0.15) is 0 Å². The van der Waals surface area contributed by atoms with Gasteiger partial charge in [-0.05, 0) is 44.7 Å². The van der Waals surface area contributed by atoms with Crippen LogP contribution in [-0.4, -0.2) is 35.3 Å². The minimum Gasteiger partial charge on any atom is -0.488 e. The van der Waals surface area contributed by atoms with Crippen molar-refractivity contribution in [2.24, 2.45) is 0 Å². The van der Waals surface area contributed by atoms with Crippen LogP contribution in [0.5, 0.6) is 5.75 Å². The summed E-state index contributed by atoms with van der Waals surface area (Å²) in [5.41, 5.74) is -0.0351. The number of non-ortho nitro benzene ring substituents is 1. The molecule has 0 heterocycles. The van der Waals surface area contributed by atoms with Gasteiger partial charge >= 0.3 is 0 Å². The second kappa shape index (κ2) is 6.84. The van der Waals surface area contributed by atoms with E-state index in [0.29, 0.717) is 27.3 Å². The van der Waals surface area contributed by atoms with Crippen molar-refractivity contribution in [3.8, 4) is 5.75 Å². The third kappa shape index (κ3) is 4.41. The van der Waals surface area contributed by atoms with Crippen molar-refractivity contribution < 1.29 is 14.8 Å². The van der Waals surface area contributed by atoms with Gasteiger partial charge in [0.2, 0.25) is 0 Å². The molecule has 1 aliphatic carbocycles. The molecule has 2 N–H and O–H groups in total. The van der Waals surface area contributed by atoms with E-state index >= 15 is 0 Å². The van der Waals surface area contributed by atoms with Crippen molar-refractivity contribution in [1.29, 1.82) is 0 Å². The molecule has 6 nitrogen and oxygen atoms in total. The van der Waals surface area contributed by atoms with Crippen LogP contribution in [0.15, 0.2) is 21.1 Å². The van der Waals surface area contributed by atoms with E-state index in [-0.39, 0.29) is 12.3 Å². The van der Waals surface area contributed by atoms with Crippen molar-refractivity contribution in [2.75, 3.05) is 13.2 Å². The van der Waals surface area contributed by atoms with Gasteiger partial charge in [0.05, 0.1) is 13.9 Å². The normalized spacial score (nSPS) is 15.9. The summed E-state index contributed by atoms with van der Waals surface area (Å²) >= 11 is 6.46. The number of nitrogens with one attached hydrogen (secondary N) is 1. The molecule has 0 saturated heterocycles. The molecule has 1 saturated carbocycles. The van der Waals surface area contributed by atoms with Gasteiger partial charge in [-0.3, -0.25) is 10.1 Å². The summed E-state index contributed by atoms with van der Waals surface area (Å²) in [6, 6.07) is 3.27. The van der Waals surface area contributed by atoms with E-state index in [1.165, 1.54) is 12.1 Å². The molecule has 0 amide bonds. The Kier molecular flexibility index (Phi) is 5.36. The zero-order valence-corrected chi connectivity index (χ0v) is 13.7. The first-order valence-corrected chi connectivity index (χ1v) is 7.73. The number of ether oxygens (including phenoxy) is 1. The lowest BCUT2D eigenvalue weighted by atomic mass is 10.3. The fraction of sp³-hybridized carbons (Fsp3) is 0.500. The number of hydrogen-bond acceptors (Lipinski definition) is 5. The highest BCUT2D eigenvalue weighted by molar-refractivity contribution is 9.11. The summed E-state index contributed by atoms with van der Waals surface area (Å²) in [6.07, 6.45) is 1.70. The molecule has 0 aliphatic heterocycles. The topological polar surface area (TPSA) is 84.6 Å². The van der Waals surface area contributed by atoms with Gasteiger partial charge in [0.25, 0.3) is 5.69 Å². The molecule has 0 bridgehead atoms. The predicted octanol–water partition coefficient (Wildman–Crippen LogP) is 2.61. The molecule has 1 aromatic rings. The highest BCUT2D eigenvalue weighted by atomic mass is 79.9. The highest BCUT2D eigenvalue weighted by Crippen LogP contribution is 2.37. The van der Waals surface area contributed by atoms with E-state index in [4.69, 9.17) is 4.74 Å². The summed E-state index contributed by atoms with van der Waals surface area (Å²) in [5, 5.41) is 23.7. The molecule has 1 atom stereocenters. The largest absolute Gasteiger partial charge is 0.488 e. The van der Waals surface area contributed by atoms with Crippen LogP contribution < -0.4 is 10.1 Å². The van der Waals surface area contributed by atoms with Crippen LogP contribution in [0.1, 0.15) is 12.8 Å². The fourth-order valence-electron chi connectivity index (χ4n) is 1.62. The van der Waals surface area contributed by atoms with Crippen molar-refractivity contribution >= 4 is 37.5 Å². The Morgan fingerprint density at radius 2 is 2.05 bits per heavy atom. The molecule has 0 spiro atoms. The van der Waals surface area contributed by atoms with Gasteiger partial charge in [-0.1, -0.05) is 0 Å². The first-order valence-electron chi connectivity index (χ1n) is 6.15. The number of nitro groups is 1. The SMILES string of the molecule is O=[N+]([O-])c1cc(Br)c(OCC(O)CNC2CC2)c(Br)c1. The molecule has 8 heteroatoms. The molecule has 0 aromatic heterocycles. The highest BCUT2D eigenvalue weighted by Gasteiger charge is 2.22. The lowest BCUT2D eigenvalue weighted by Gasteiger charge is -2.15. The maximum Gasteiger partial charge on any atom is 0.271 e. The smallest absolute Gasteiger partial charge is 0.271 e. The van der Waals surface area contributed by atoms with Gasteiger partial charge in [-0.25, -0.2) is 0 Å². The molecule has 20 heavy (non-hydrogen) atoms. The van der Waals surface area contributed by atoms with Crippen LogP contribution in [0, 0.1) is 10.1 Å². The van der Waals surface area contributed by atoms with Gasteiger partial charge in [0.15, 0.2) is 0 Å². The zero-order valence-electron chi connectivity index (χ0n) is 10.5. The fourth-order valence-corrected chi connectivity index (χ4v) is 3.01. The summed E-state index contributed by atoms with van der Waals surface area (Å²) in [7, 11) is 0. The van der Waals surface area contributed by atoms with Crippen molar-refractivity contribution in [3.05, 3.63) is 31.2 Å². The van der Waals surface area contributed by atoms with Gasteiger partial charge in [-0.15, -0.1) is 0 Å². The number of aliphatic hydroxyl groups is 1. The Balaban J connectivity index is 1.92. The van der Waals surface area contributed by atoms with Crippen LogP contribution in [0.25, 0.3) is 0 Å². The number of hydrogen-bond donors (Lipinski definition) is 2. The van der Waals surface area contributed by atoms with E-state index in [1.807, 2.05) is 0 Å². The average Bonchev–Trinajstić information content (AvgIpc) is 3.19. The van der Waals surface area contributed by atoms with Crippen LogP contribution in [0.3, 0.4) is 0 Å². The number of rotatable bonds is 7. The monoisotopic (exact) mass is 408 g/mol. The Morgan fingerprint density at radius 1 is 1.45 bits per heavy atom. The third-order valence-electron chi connectivity index (χ3n) is 2.83. The van der Waals surface area contributed by atoms with Crippen LogP contribution >= 0.6 is 31.9 Å². The third-order valence-corrected chi connectivity index (χ3v) is 4.01. The Hall–Kier alpha value is -0.700. The molecule has 1 unspecified atom stereocenters. The number of nitro benzene ring substituents is 1. The number of halogens is 2. The van der Waals surface area contributed by atoms with Crippen molar-refractivity contribution in [2.45, 2.75) is 25.0 Å². The molecule has 1 aromatic carbocycles.